The van der Waals surface area contributed by atoms with Gasteiger partial charge in [0.1, 0.15) is 21.6 Å². The third kappa shape index (κ3) is 5.31. The number of nitrogens with one attached hydrogen (secondary N) is 1. The Morgan fingerprint density at radius 3 is 2.54 bits per heavy atom. The van der Waals surface area contributed by atoms with Gasteiger partial charge in [-0.15, -0.1) is 0 Å². The van der Waals surface area contributed by atoms with E-state index in [1.807, 2.05) is 30.3 Å². The zero-order chi connectivity index (χ0) is 25.9. The maximum absolute atomic E-state index is 13.4. The summed E-state index contributed by atoms with van der Waals surface area (Å²) >= 11 is 6.51. The Bertz CT molecular complexity index is 1570. The molecule has 186 valence electrons. The molecule has 0 radical (unpaired) electrons. The number of aromatic nitrogens is 2. The van der Waals surface area contributed by atoms with Crippen LogP contribution in [0, 0.1) is 5.82 Å². The standard InChI is InChI=1S/C27H21FN4O3S2/c28-19-11-9-17(10-12-19)16-32-26(35)22(37-27(32)36)14-20-24(29-15-21(33)18-6-2-1-3-7-18)30-23-8-4-5-13-31(23)25(20)34/h1-14,21,29,33H,15-16H2/b22-14-. The number of thiocarbonyl (C=S) groups is 1. The summed E-state index contributed by atoms with van der Waals surface area (Å²) in [7, 11) is 0. The molecule has 2 aromatic heterocycles. The third-order valence-electron chi connectivity index (χ3n) is 5.82. The lowest BCUT2D eigenvalue weighted by atomic mass is 10.1. The first-order valence-corrected chi connectivity index (χ1v) is 12.6. The van der Waals surface area contributed by atoms with E-state index in [2.05, 4.69) is 10.3 Å². The Labute approximate surface area is 221 Å². The van der Waals surface area contributed by atoms with Crippen molar-refractivity contribution in [3.05, 3.63) is 117 Å². The first-order valence-electron chi connectivity index (χ1n) is 11.4. The molecule has 7 nitrogen and oxygen atoms in total. The maximum Gasteiger partial charge on any atom is 0.267 e. The van der Waals surface area contributed by atoms with Crippen molar-refractivity contribution in [2.24, 2.45) is 0 Å². The summed E-state index contributed by atoms with van der Waals surface area (Å²) in [6, 6.07) is 20.2. The highest BCUT2D eigenvalue weighted by Crippen LogP contribution is 2.34. The van der Waals surface area contributed by atoms with Crippen molar-refractivity contribution in [2.45, 2.75) is 12.6 Å². The molecule has 1 aliphatic rings. The summed E-state index contributed by atoms with van der Waals surface area (Å²) < 4.78 is 15.0. The monoisotopic (exact) mass is 532 g/mol. The molecule has 37 heavy (non-hydrogen) atoms. The molecule has 1 atom stereocenters. The molecule has 1 fully saturated rings. The van der Waals surface area contributed by atoms with Crippen molar-refractivity contribution in [3.8, 4) is 0 Å². The number of rotatable bonds is 7. The van der Waals surface area contributed by atoms with E-state index >= 15 is 0 Å². The van der Waals surface area contributed by atoms with Gasteiger partial charge in [0, 0.05) is 12.7 Å². The average molecular weight is 533 g/mol. The minimum atomic E-state index is -0.834. The first kappa shape index (κ1) is 24.8. The van der Waals surface area contributed by atoms with Gasteiger partial charge in [-0.05, 0) is 41.5 Å². The zero-order valence-corrected chi connectivity index (χ0v) is 21.0. The van der Waals surface area contributed by atoms with Crippen molar-refractivity contribution < 1.29 is 14.3 Å². The van der Waals surface area contributed by atoms with Crippen LogP contribution in [0.25, 0.3) is 11.7 Å². The summed E-state index contributed by atoms with van der Waals surface area (Å²) in [5, 5.41) is 13.7. The van der Waals surface area contributed by atoms with Crippen molar-refractivity contribution in [3.63, 3.8) is 0 Å². The number of pyridine rings is 1. The molecule has 0 spiro atoms. The predicted octanol–water partition coefficient (Wildman–Crippen LogP) is 4.38. The lowest BCUT2D eigenvalue weighted by Crippen LogP contribution is -2.27. The van der Waals surface area contributed by atoms with Gasteiger partial charge in [-0.3, -0.25) is 18.9 Å². The lowest BCUT2D eigenvalue weighted by molar-refractivity contribution is -0.122. The first-order chi connectivity index (χ1) is 17.9. The fourth-order valence-electron chi connectivity index (χ4n) is 3.89. The van der Waals surface area contributed by atoms with Gasteiger partial charge in [0.2, 0.25) is 0 Å². The molecule has 1 amide bonds. The number of halogens is 1. The number of amides is 1. The van der Waals surface area contributed by atoms with Gasteiger partial charge >= 0.3 is 0 Å². The van der Waals surface area contributed by atoms with E-state index in [0.29, 0.717) is 9.97 Å². The molecule has 1 unspecified atom stereocenters. The molecule has 1 saturated heterocycles. The number of nitrogens with zero attached hydrogens (tertiary/aromatic N) is 3. The van der Waals surface area contributed by atoms with Crippen LogP contribution in [0.2, 0.25) is 0 Å². The van der Waals surface area contributed by atoms with Gasteiger partial charge in [-0.25, -0.2) is 9.37 Å². The van der Waals surface area contributed by atoms with Gasteiger partial charge in [0.15, 0.2) is 0 Å². The Hall–Kier alpha value is -3.86. The number of benzene rings is 2. The highest BCUT2D eigenvalue weighted by atomic mass is 32.2. The number of fused-ring (bicyclic) bond motifs is 1. The molecular weight excluding hydrogens is 511 g/mol. The molecule has 10 heteroatoms. The molecule has 0 saturated carbocycles. The maximum atomic E-state index is 13.4. The fraction of sp³-hybridized carbons (Fsp3) is 0.111. The van der Waals surface area contributed by atoms with Crippen LogP contribution < -0.4 is 10.9 Å². The van der Waals surface area contributed by atoms with E-state index in [0.717, 1.165) is 22.9 Å². The second-order valence-corrected chi connectivity index (χ2v) is 9.99. The van der Waals surface area contributed by atoms with Gasteiger partial charge in [-0.1, -0.05) is 72.5 Å². The van der Waals surface area contributed by atoms with Crippen molar-refractivity contribution in [1.82, 2.24) is 14.3 Å². The number of hydrogen-bond donors (Lipinski definition) is 2. The second kappa shape index (κ2) is 10.6. The summed E-state index contributed by atoms with van der Waals surface area (Å²) in [6.07, 6.45) is 2.25. The van der Waals surface area contributed by atoms with E-state index in [1.165, 1.54) is 27.5 Å². The minimum Gasteiger partial charge on any atom is -0.387 e. The normalized spacial score (nSPS) is 15.5. The van der Waals surface area contributed by atoms with Crippen LogP contribution in [-0.4, -0.2) is 36.2 Å². The van der Waals surface area contributed by atoms with Gasteiger partial charge in [0.05, 0.1) is 23.1 Å². The third-order valence-corrected chi connectivity index (χ3v) is 7.20. The van der Waals surface area contributed by atoms with Gasteiger partial charge in [0.25, 0.3) is 11.5 Å². The van der Waals surface area contributed by atoms with E-state index < -0.39 is 6.10 Å². The quantitative estimate of drug-likeness (QED) is 0.270. The second-order valence-electron chi connectivity index (χ2n) is 8.31. The van der Waals surface area contributed by atoms with E-state index in [1.54, 1.807) is 36.5 Å². The number of carbonyl (C=O) groups is 1. The lowest BCUT2D eigenvalue weighted by Gasteiger charge is -2.15. The van der Waals surface area contributed by atoms with Crippen LogP contribution in [-0.2, 0) is 11.3 Å². The fourth-order valence-corrected chi connectivity index (χ4v) is 5.13. The zero-order valence-electron chi connectivity index (χ0n) is 19.4. The van der Waals surface area contributed by atoms with Crippen LogP contribution in [0.4, 0.5) is 10.2 Å². The summed E-state index contributed by atoms with van der Waals surface area (Å²) in [6.45, 7) is 0.289. The van der Waals surface area contributed by atoms with Crippen LogP contribution in [0.1, 0.15) is 22.8 Å². The van der Waals surface area contributed by atoms with Crippen LogP contribution in [0.5, 0.6) is 0 Å². The van der Waals surface area contributed by atoms with Crippen LogP contribution in [0.15, 0.2) is 88.7 Å². The van der Waals surface area contributed by atoms with Crippen molar-refractivity contribution >= 4 is 51.7 Å². The predicted molar refractivity (Wildman–Crippen MR) is 146 cm³/mol. The van der Waals surface area contributed by atoms with E-state index in [-0.39, 0.29) is 46.7 Å². The number of aliphatic hydroxyl groups excluding tert-OH is 1. The number of thioether (sulfide) groups is 1. The number of carbonyl (C=O) groups excluding carboxylic acids is 1. The molecule has 1 aliphatic heterocycles. The Kier molecular flexibility index (Phi) is 7.13. The Morgan fingerprint density at radius 2 is 1.78 bits per heavy atom. The highest BCUT2D eigenvalue weighted by Gasteiger charge is 2.32. The van der Waals surface area contributed by atoms with Gasteiger partial charge < -0.3 is 10.4 Å². The molecular formula is C27H21FN4O3S2. The smallest absolute Gasteiger partial charge is 0.267 e. The average Bonchev–Trinajstić information content (AvgIpc) is 3.18. The number of hydrogen-bond acceptors (Lipinski definition) is 7. The van der Waals surface area contributed by atoms with Gasteiger partial charge in [-0.2, -0.15) is 0 Å². The molecule has 2 aromatic carbocycles. The Balaban J connectivity index is 1.47. The van der Waals surface area contributed by atoms with Crippen LogP contribution in [0.3, 0.4) is 0 Å². The number of anilines is 1. The molecule has 0 aliphatic carbocycles. The number of aliphatic hydroxyl groups is 1. The molecule has 3 heterocycles. The van der Waals surface area contributed by atoms with Crippen molar-refractivity contribution in [1.29, 1.82) is 0 Å². The Morgan fingerprint density at radius 1 is 1.05 bits per heavy atom. The molecule has 0 bridgehead atoms. The van der Waals surface area contributed by atoms with Crippen molar-refractivity contribution in [2.75, 3.05) is 11.9 Å². The van der Waals surface area contributed by atoms with E-state index in [4.69, 9.17) is 12.2 Å². The highest BCUT2D eigenvalue weighted by molar-refractivity contribution is 8.26. The minimum absolute atomic E-state index is 0.103. The van der Waals surface area contributed by atoms with E-state index in [9.17, 15) is 19.1 Å². The summed E-state index contributed by atoms with van der Waals surface area (Å²) in [4.78, 5) is 32.9. The molecule has 2 N–H and O–H groups in total. The molecule has 4 aromatic rings. The summed E-state index contributed by atoms with van der Waals surface area (Å²) in [5.74, 6) is -0.474. The SMILES string of the molecule is O=C1/C(=C/c2c(NCC(O)c3ccccc3)nc3ccccn3c2=O)SC(=S)N1Cc1ccc(F)cc1. The molecule has 5 rings (SSSR count). The largest absolute Gasteiger partial charge is 0.387 e. The topological polar surface area (TPSA) is 86.9 Å². The van der Waals surface area contributed by atoms with Crippen LogP contribution >= 0.6 is 24.0 Å². The summed E-state index contributed by atoms with van der Waals surface area (Å²) in [5.41, 5.74) is 1.67.